The summed E-state index contributed by atoms with van der Waals surface area (Å²) in [6.45, 7) is 0. The Bertz CT molecular complexity index is 335. The second kappa shape index (κ2) is 5.35. The molecule has 88 valence electrons. The van der Waals surface area contributed by atoms with Crippen molar-refractivity contribution in [2.45, 2.75) is 38.2 Å². The number of hydrogen-bond donors (Lipinski definition) is 1. The van der Waals surface area contributed by atoms with Gasteiger partial charge in [-0.1, -0.05) is 18.6 Å². The van der Waals surface area contributed by atoms with Crippen LogP contribution in [0.5, 0.6) is 5.75 Å². The van der Waals surface area contributed by atoms with E-state index >= 15 is 0 Å². The molecule has 16 heavy (non-hydrogen) atoms. The number of aliphatic hydroxyl groups excluding tert-OH is 1. The van der Waals surface area contributed by atoms with Gasteiger partial charge in [-0.3, -0.25) is 0 Å². The molecule has 0 amide bonds. The van der Waals surface area contributed by atoms with E-state index in [1.165, 1.54) is 12.0 Å². The maximum atomic E-state index is 9.63. The van der Waals surface area contributed by atoms with Gasteiger partial charge in [-0.25, -0.2) is 0 Å². The maximum absolute atomic E-state index is 9.63. The quantitative estimate of drug-likeness (QED) is 0.848. The minimum absolute atomic E-state index is 0.0793. The molecule has 2 atom stereocenters. The maximum Gasteiger partial charge on any atom is 0.119 e. The molecule has 1 N–H and O–H groups in total. The monoisotopic (exact) mass is 220 g/mol. The summed E-state index contributed by atoms with van der Waals surface area (Å²) in [7, 11) is 1.70. The highest BCUT2D eigenvalue weighted by molar-refractivity contribution is 5.28. The van der Waals surface area contributed by atoms with Crippen molar-refractivity contribution in [3.05, 3.63) is 29.8 Å². The Kier molecular flexibility index (Phi) is 3.83. The number of ether oxygens (including phenoxy) is 1. The largest absolute Gasteiger partial charge is 0.497 e. The molecule has 1 fully saturated rings. The first kappa shape index (κ1) is 11.5. The van der Waals surface area contributed by atoms with Gasteiger partial charge in [0.15, 0.2) is 0 Å². The highest BCUT2D eigenvalue weighted by Crippen LogP contribution is 2.28. The lowest BCUT2D eigenvalue weighted by Gasteiger charge is -2.25. The first-order valence-corrected chi connectivity index (χ1v) is 6.09. The molecule has 1 aromatic rings. The standard InChI is InChI=1S/C14H20O2/c1-16-14-7-3-5-12(10-14)8-11-4-2-6-13(15)9-11/h3,5,7,10-11,13,15H,2,4,6,8-9H2,1H3. The highest BCUT2D eigenvalue weighted by atomic mass is 16.5. The number of benzene rings is 1. The lowest BCUT2D eigenvalue weighted by atomic mass is 9.83. The van der Waals surface area contributed by atoms with Crippen molar-refractivity contribution < 1.29 is 9.84 Å². The van der Waals surface area contributed by atoms with Gasteiger partial charge < -0.3 is 9.84 Å². The molecule has 0 bridgehead atoms. The van der Waals surface area contributed by atoms with Crippen molar-refractivity contribution in [3.63, 3.8) is 0 Å². The molecule has 2 unspecified atom stereocenters. The molecule has 0 spiro atoms. The van der Waals surface area contributed by atoms with E-state index < -0.39 is 0 Å². The SMILES string of the molecule is COc1cccc(CC2CCCC(O)C2)c1. The summed E-state index contributed by atoms with van der Waals surface area (Å²) in [6.07, 6.45) is 5.33. The molecule has 1 saturated carbocycles. The molecule has 2 rings (SSSR count). The predicted molar refractivity (Wildman–Crippen MR) is 64.7 cm³/mol. The van der Waals surface area contributed by atoms with Gasteiger partial charge in [0.2, 0.25) is 0 Å². The van der Waals surface area contributed by atoms with E-state index in [0.29, 0.717) is 5.92 Å². The number of rotatable bonds is 3. The van der Waals surface area contributed by atoms with E-state index in [0.717, 1.165) is 31.4 Å². The van der Waals surface area contributed by atoms with Crippen LogP contribution in [0.3, 0.4) is 0 Å². The lowest BCUT2D eigenvalue weighted by molar-refractivity contribution is 0.101. The van der Waals surface area contributed by atoms with Gasteiger partial charge in [-0.05, 0) is 49.3 Å². The molecular weight excluding hydrogens is 200 g/mol. The van der Waals surface area contributed by atoms with E-state index in [1.807, 2.05) is 12.1 Å². The molecule has 0 aromatic heterocycles. The molecule has 0 radical (unpaired) electrons. The summed E-state index contributed by atoms with van der Waals surface area (Å²) >= 11 is 0. The number of aliphatic hydroxyl groups is 1. The summed E-state index contributed by atoms with van der Waals surface area (Å²) < 4.78 is 5.22. The Morgan fingerprint density at radius 2 is 2.25 bits per heavy atom. The Balaban J connectivity index is 1.97. The topological polar surface area (TPSA) is 29.5 Å². The normalized spacial score (nSPS) is 25.4. The van der Waals surface area contributed by atoms with Crippen LogP contribution in [0.2, 0.25) is 0 Å². The van der Waals surface area contributed by atoms with E-state index in [4.69, 9.17) is 4.74 Å². The van der Waals surface area contributed by atoms with E-state index in [1.54, 1.807) is 7.11 Å². The minimum Gasteiger partial charge on any atom is -0.497 e. The van der Waals surface area contributed by atoms with Crippen molar-refractivity contribution in [2.24, 2.45) is 5.92 Å². The summed E-state index contributed by atoms with van der Waals surface area (Å²) in [5.74, 6) is 1.56. The van der Waals surface area contributed by atoms with Crippen LogP contribution in [-0.4, -0.2) is 18.3 Å². The summed E-state index contributed by atoms with van der Waals surface area (Å²) in [6, 6.07) is 8.25. The number of methoxy groups -OCH3 is 1. The molecule has 1 aromatic carbocycles. The molecule has 0 heterocycles. The fourth-order valence-electron chi connectivity index (χ4n) is 2.58. The third-order valence-corrected chi connectivity index (χ3v) is 3.41. The van der Waals surface area contributed by atoms with Gasteiger partial charge in [0.25, 0.3) is 0 Å². The molecule has 0 aliphatic heterocycles. The van der Waals surface area contributed by atoms with E-state index in [-0.39, 0.29) is 6.10 Å². The summed E-state index contributed by atoms with van der Waals surface area (Å²) in [5, 5.41) is 9.63. The van der Waals surface area contributed by atoms with Crippen molar-refractivity contribution in [3.8, 4) is 5.75 Å². The van der Waals surface area contributed by atoms with E-state index in [9.17, 15) is 5.11 Å². The van der Waals surface area contributed by atoms with Crippen LogP contribution in [-0.2, 0) is 6.42 Å². The van der Waals surface area contributed by atoms with Crippen LogP contribution < -0.4 is 4.74 Å². The first-order chi connectivity index (χ1) is 7.78. The van der Waals surface area contributed by atoms with Crippen molar-refractivity contribution in [2.75, 3.05) is 7.11 Å². The van der Waals surface area contributed by atoms with Gasteiger partial charge in [0, 0.05) is 0 Å². The zero-order valence-electron chi connectivity index (χ0n) is 9.86. The third-order valence-electron chi connectivity index (χ3n) is 3.41. The highest BCUT2D eigenvalue weighted by Gasteiger charge is 2.20. The minimum atomic E-state index is -0.0793. The molecule has 1 aliphatic rings. The predicted octanol–water partition coefficient (Wildman–Crippen LogP) is 2.79. The lowest BCUT2D eigenvalue weighted by Crippen LogP contribution is -2.20. The molecule has 0 saturated heterocycles. The summed E-state index contributed by atoms with van der Waals surface area (Å²) in [4.78, 5) is 0. The first-order valence-electron chi connectivity index (χ1n) is 6.09. The average molecular weight is 220 g/mol. The number of hydrogen-bond acceptors (Lipinski definition) is 2. The van der Waals surface area contributed by atoms with Crippen molar-refractivity contribution in [1.29, 1.82) is 0 Å². The van der Waals surface area contributed by atoms with Gasteiger partial charge in [0.05, 0.1) is 13.2 Å². The van der Waals surface area contributed by atoms with Crippen LogP contribution in [0.25, 0.3) is 0 Å². The smallest absolute Gasteiger partial charge is 0.119 e. The zero-order valence-corrected chi connectivity index (χ0v) is 9.86. The Morgan fingerprint density at radius 3 is 3.00 bits per heavy atom. The second-order valence-electron chi connectivity index (χ2n) is 4.74. The Labute approximate surface area is 97.3 Å². The van der Waals surface area contributed by atoms with E-state index in [2.05, 4.69) is 12.1 Å². The van der Waals surface area contributed by atoms with Crippen molar-refractivity contribution >= 4 is 0 Å². The van der Waals surface area contributed by atoms with Gasteiger partial charge in [-0.15, -0.1) is 0 Å². The molecule has 2 nitrogen and oxygen atoms in total. The van der Waals surface area contributed by atoms with Crippen LogP contribution in [0.15, 0.2) is 24.3 Å². The third kappa shape index (κ3) is 2.99. The Hall–Kier alpha value is -1.02. The molecular formula is C14H20O2. The van der Waals surface area contributed by atoms with Gasteiger partial charge in [-0.2, -0.15) is 0 Å². The van der Waals surface area contributed by atoms with Crippen LogP contribution >= 0.6 is 0 Å². The summed E-state index contributed by atoms with van der Waals surface area (Å²) in [5.41, 5.74) is 1.32. The van der Waals surface area contributed by atoms with Gasteiger partial charge >= 0.3 is 0 Å². The fraction of sp³-hybridized carbons (Fsp3) is 0.571. The Morgan fingerprint density at radius 1 is 1.38 bits per heavy atom. The van der Waals surface area contributed by atoms with Crippen molar-refractivity contribution in [1.82, 2.24) is 0 Å². The van der Waals surface area contributed by atoms with Crippen LogP contribution in [0.4, 0.5) is 0 Å². The molecule has 1 aliphatic carbocycles. The average Bonchev–Trinajstić information content (AvgIpc) is 2.29. The van der Waals surface area contributed by atoms with Crippen LogP contribution in [0, 0.1) is 5.92 Å². The zero-order chi connectivity index (χ0) is 11.4. The van der Waals surface area contributed by atoms with Crippen LogP contribution in [0.1, 0.15) is 31.2 Å². The van der Waals surface area contributed by atoms with Gasteiger partial charge in [0.1, 0.15) is 5.75 Å². The fourth-order valence-corrected chi connectivity index (χ4v) is 2.58. The second-order valence-corrected chi connectivity index (χ2v) is 4.74. The molecule has 2 heteroatoms.